The van der Waals surface area contributed by atoms with Crippen LogP contribution in [-0.4, -0.2) is 30.0 Å². The number of rotatable bonds is 8. The Kier molecular flexibility index (Phi) is 8.73. The topological polar surface area (TPSA) is 51.7 Å². The Bertz CT molecular complexity index is 1770. The lowest BCUT2D eigenvalue weighted by atomic mass is 9.96. The van der Waals surface area contributed by atoms with Crippen LogP contribution in [0.25, 0.3) is 21.9 Å². The van der Waals surface area contributed by atoms with Gasteiger partial charge in [0.1, 0.15) is 11.5 Å². The molecule has 0 aliphatic rings. The maximum Gasteiger partial charge on any atom is 0.416 e. The highest BCUT2D eigenvalue weighted by Gasteiger charge is 2.30. The minimum Gasteiger partial charge on any atom is -0.497 e. The number of ether oxygens (including phenoxy) is 2. The number of nitrogens with zero attached hydrogens (tertiary/aromatic N) is 2. The summed E-state index contributed by atoms with van der Waals surface area (Å²) < 4.78 is 51.1. The third-order valence-electron chi connectivity index (χ3n) is 7.39. The van der Waals surface area contributed by atoms with Crippen molar-refractivity contribution in [2.75, 3.05) is 14.2 Å². The van der Waals surface area contributed by atoms with Crippen LogP contribution in [0.15, 0.2) is 102 Å². The summed E-state index contributed by atoms with van der Waals surface area (Å²) >= 11 is 3.50. The van der Waals surface area contributed by atoms with Crippen LogP contribution in [0.4, 0.5) is 13.2 Å². The predicted molar refractivity (Wildman–Crippen MR) is 164 cm³/mol. The molecule has 0 saturated carbocycles. The van der Waals surface area contributed by atoms with Crippen LogP contribution in [-0.2, 0) is 12.7 Å². The molecule has 5 aromatic rings. The zero-order valence-electron chi connectivity index (χ0n) is 23.7. The molecule has 0 aliphatic heterocycles. The van der Waals surface area contributed by atoms with Crippen LogP contribution in [0.3, 0.4) is 0 Å². The van der Waals surface area contributed by atoms with Gasteiger partial charge in [-0.2, -0.15) is 13.2 Å². The van der Waals surface area contributed by atoms with Crippen molar-refractivity contribution < 1.29 is 27.4 Å². The molecule has 0 aliphatic carbocycles. The van der Waals surface area contributed by atoms with E-state index in [2.05, 4.69) is 20.9 Å². The van der Waals surface area contributed by atoms with Crippen molar-refractivity contribution in [2.24, 2.45) is 0 Å². The molecule has 1 unspecified atom stereocenters. The van der Waals surface area contributed by atoms with E-state index < -0.39 is 17.8 Å². The third kappa shape index (κ3) is 6.51. The van der Waals surface area contributed by atoms with Crippen molar-refractivity contribution in [2.45, 2.75) is 25.7 Å². The molecule has 220 valence electrons. The van der Waals surface area contributed by atoms with E-state index in [1.165, 1.54) is 12.1 Å². The summed E-state index contributed by atoms with van der Waals surface area (Å²) in [5.41, 5.74) is 2.69. The smallest absolute Gasteiger partial charge is 0.416 e. The SMILES string of the molecule is COc1ccc(CN(C(=O)c2ccc3c(-c4ccc(C(F)(F)F)cc4)cccc3c2)C(C)c2cc(Br)ccn2)c(OC)c1. The summed E-state index contributed by atoms with van der Waals surface area (Å²) in [5.74, 6) is 1.01. The van der Waals surface area contributed by atoms with Gasteiger partial charge in [0, 0.05) is 27.9 Å². The summed E-state index contributed by atoms with van der Waals surface area (Å²) in [6.07, 6.45) is -2.72. The monoisotopic (exact) mass is 648 g/mol. The van der Waals surface area contributed by atoms with E-state index in [1.54, 1.807) is 37.4 Å². The number of methoxy groups -OCH3 is 2. The summed E-state index contributed by atoms with van der Waals surface area (Å²) in [5, 5.41) is 1.61. The molecule has 4 aromatic carbocycles. The lowest BCUT2D eigenvalue weighted by Gasteiger charge is -2.30. The number of hydrogen-bond acceptors (Lipinski definition) is 4. The van der Waals surface area contributed by atoms with Crippen LogP contribution in [0.2, 0.25) is 0 Å². The number of amides is 1. The predicted octanol–water partition coefficient (Wildman–Crippen LogP) is 9.10. The Hall–Kier alpha value is -4.37. The maximum absolute atomic E-state index is 14.2. The Balaban J connectivity index is 1.53. The molecule has 0 saturated heterocycles. The van der Waals surface area contributed by atoms with Crippen LogP contribution in [0.5, 0.6) is 11.5 Å². The van der Waals surface area contributed by atoms with Crippen molar-refractivity contribution in [3.8, 4) is 22.6 Å². The molecule has 0 radical (unpaired) electrons. The maximum atomic E-state index is 14.2. The molecule has 5 rings (SSSR count). The highest BCUT2D eigenvalue weighted by molar-refractivity contribution is 9.10. The normalized spacial score (nSPS) is 12.2. The van der Waals surface area contributed by atoms with E-state index in [0.717, 1.165) is 38.5 Å². The van der Waals surface area contributed by atoms with E-state index in [4.69, 9.17) is 9.47 Å². The molecule has 0 fully saturated rings. The number of fused-ring (bicyclic) bond motifs is 1. The first kappa shape index (κ1) is 30.1. The van der Waals surface area contributed by atoms with Gasteiger partial charge in [0.25, 0.3) is 5.91 Å². The first-order valence-corrected chi connectivity index (χ1v) is 14.2. The van der Waals surface area contributed by atoms with Crippen molar-refractivity contribution >= 4 is 32.6 Å². The van der Waals surface area contributed by atoms with Crippen LogP contribution in [0.1, 0.15) is 40.1 Å². The molecule has 9 heteroatoms. The Morgan fingerprint density at radius 3 is 2.37 bits per heavy atom. The zero-order valence-corrected chi connectivity index (χ0v) is 25.2. The number of hydrogen-bond donors (Lipinski definition) is 0. The highest BCUT2D eigenvalue weighted by Crippen LogP contribution is 2.35. The average molecular weight is 650 g/mol. The summed E-state index contributed by atoms with van der Waals surface area (Å²) in [6, 6.07) is 24.8. The number of aromatic nitrogens is 1. The fourth-order valence-electron chi connectivity index (χ4n) is 5.03. The Labute approximate surface area is 256 Å². The van der Waals surface area contributed by atoms with Crippen molar-refractivity contribution in [1.29, 1.82) is 0 Å². The van der Waals surface area contributed by atoms with Crippen molar-refractivity contribution in [1.82, 2.24) is 9.88 Å². The quantitative estimate of drug-likeness (QED) is 0.168. The minimum absolute atomic E-state index is 0.214. The van der Waals surface area contributed by atoms with Gasteiger partial charge in [-0.25, -0.2) is 0 Å². The van der Waals surface area contributed by atoms with Crippen molar-refractivity contribution in [3.63, 3.8) is 0 Å². The molecular formula is C34H28BrF3N2O3. The van der Waals surface area contributed by atoms with Crippen molar-refractivity contribution in [3.05, 3.63) is 124 Å². The standard InChI is InChI=1S/C34H28BrF3N2O3/c1-21(31-18-27(35)15-16-39-31)40(20-25-9-13-28(42-2)19-32(25)43-3)33(41)24-10-14-30-23(17-24)5-4-6-29(30)22-7-11-26(12-8-22)34(36,37)38/h4-19,21H,20H2,1-3H3. The first-order valence-electron chi connectivity index (χ1n) is 13.4. The third-order valence-corrected chi connectivity index (χ3v) is 7.88. The summed E-state index contributed by atoms with van der Waals surface area (Å²) in [4.78, 5) is 20.5. The van der Waals surface area contributed by atoms with Crippen LogP contribution < -0.4 is 9.47 Å². The number of pyridine rings is 1. The molecule has 0 spiro atoms. The van der Waals surface area contributed by atoms with Gasteiger partial charge in [0.15, 0.2) is 0 Å². The second-order valence-electron chi connectivity index (χ2n) is 10.0. The first-order chi connectivity index (χ1) is 20.6. The van der Waals surface area contributed by atoms with Crippen LogP contribution >= 0.6 is 15.9 Å². The van der Waals surface area contributed by atoms with E-state index in [9.17, 15) is 18.0 Å². The molecular weight excluding hydrogens is 621 g/mol. The molecule has 43 heavy (non-hydrogen) atoms. The number of halogens is 4. The average Bonchev–Trinajstić information content (AvgIpc) is 3.02. The number of alkyl halides is 3. The van der Waals surface area contributed by atoms with E-state index in [-0.39, 0.29) is 12.5 Å². The zero-order chi connectivity index (χ0) is 30.7. The van der Waals surface area contributed by atoms with Gasteiger partial charge in [0.05, 0.1) is 38.1 Å². The molecule has 1 amide bonds. The number of carbonyl (C=O) groups is 1. The fourth-order valence-corrected chi connectivity index (χ4v) is 5.39. The van der Waals surface area contributed by atoms with E-state index in [1.807, 2.05) is 61.5 Å². The summed E-state index contributed by atoms with van der Waals surface area (Å²) in [7, 11) is 3.15. The Morgan fingerprint density at radius 1 is 0.930 bits per heavy atom. The molecule has 1 heterocycles. The molecule has 1 aromatic heterocycles. The number of carbonyl (C=O) groups excluding carboxylic acids is 1. The lowest BCUT2D eigenvalue weighted by molar-refractivity contribution is -0.137. The van der Waals surface area contributed by atoms with E-state index in [0.29, 0.717) is 28.3 Å². The summed E-state index contributed by atoms with van der Waals surface area (Å²) in [6.45, 7) is 2.16. The molecule has 1 atom stereocenters. The second-order valence-corrected chi connectivity index (χ2v) is 10.9. The van der Waals surface area contributed by atoms with Gasteiger partial charge in [-0.05, 0) is 77.4 Å². The lowest BCUT2D eigenvalue weighted by Crippen LogP contribution is -2.33. The number of benzene rings is 4. The van der Waals surface area contributed by atoms with Gasteiger partial charge < -0.3 is 14.4 Å². The molecule has 0 N–H and O–H groups in total. The second kappa shape index (κ2) is 12.5. The van der Waals surface area contributed by atoms with Crippen LogP contribution in [0, 0.1) is 0 Å². The molecule has 0 bridgehead atoms. The molecule has 5 nitrogen and oxygen atoms in total. The van der Waals surface area contributed by atoms with Gasteiger partial charge in [-0.3, -0.25) is 9.78 Å². The minimum atomic E-state index is -4.41. The highest BCUT2D eigenvalue weighted by atomic mass is 79.9. The van der Waals surface area contributed by atoms with Gasteiger partial charge in [0.2, 0.25) is 0 Å². The van der Waals surface area contributed by atoms with Gasteiger partial charge in [-0.15, -0.1) is 0 Å². The van der Waals surface area contributed by atoms with Gasteiger partial charge >= 0.3 is 6.18 Å². The fraction of sp³-hybridized carbons (Fsp3) is 0.176. The van der Waals surface area contributed by atoms with Gasteiger partial charge in [-0.1, -0.05) is 52.3 Å². The van der Waals surface area contributed by atoms with E-state index >= 15 is 0 Å². The largest absolute Gasteiger partial charge is 0.497 e. The Morgan fingerprint density at radius 2 is 1.70 bits per heavy atom.